The highest BCUT2D eigenvalue weighted by molar-refractivity contribution is 8.00. The van der Waals surface area contributed by atoms with Crippen molar-refractivity contribution in [2.45, 2.75) is 24.1 Å². The van der Waals surface area contributed by atoms with Gasteiger partial charge in [0.15, 0.2) is 0 Å². The van der Waals surface area contributed by atoms with E-state index < -0.39 is 0 Å². The van der Waals surface area contributed by atoms with Gasteiger partial charge >= 0.3 is 0 Å². The number of carbonyl (C=O) groups is 1. The SMILES string of the molecule is Cc1ccc(C2SCCN2C(=O)CSc2ccccc2)c(C)c1. The summed E-state index contributed by atoms with van der Waals surface area (Å²) in [6.07, 6.45) is 0. The summed E-state index contributed by atoms with van der Waals surface area (Å²) in [5.41, 5.74) is 3.82. The summed E-state index contributed by atoms with van der Waals surface area (Å²) < 4.78 is 0. The number of thioether (sulfide) groups is 2. The van der Waals surface area contributed by atoms with Crippen LogP contribution >= 0.6 is 23.5 Å². The Hall–Kier alpha value is -1.39. The molecule has 1 fully saturated rings. The quantitative estimate of drug-likeness (QED) is 0.753. The minimum atomic E-state index is 0.166. The number of nitrogens with zero attached hydrogens (tertiary/aromatic N) is 1. The number of carbonyl (C=O) groups excluding carboxylic acids is 1. The molecule has 0 N–H and O–H groups in total. The Bertz CT molecular complexity index is 687. The lowest BCUT2D eigenvalue weighted by Crippen LogP contribution is -2.32. The number of benzene rings is 2. The van der Waals surface area contributed by atoms with Crippen molar-refractivity contribution in [1.82, 2.24) is 4.90 Å². The number of hydrogen-bond acceptors (Lipinski definition) is 3. The van der Waals surface area contributed by atoms with Crippen molar-refractivity contribution < 1.29 is 4.79 Å². The molecular formula is C19H21NOS2. The third-order valence-electron chi connectivity index (χ3n) is 4.01. The zero-order chi connectivity index (χ0) is 16.2. The van der Waals surface area contributed by atoms with Crippen LogP contribution in [-0.4, -0.2) is 28.9 Å². The lowest BCUT2D eigenvalue weighted by Gasteiger charge is -2.25. The second-order valence-electron chi connectivity index (χ2n) is 5.77. The Labute approximate surface area is 146 Å². The van der Waals surface area contributed by atoms with E-state index in [1.54, 1.807) is 11.8 Å². The molecule has 1 heterocycles. The molecule has 2 aromatic rings. The van der Waals surface area contributed by atoms with Crippen LogP contribution in [0.2, 0.25) is 0 Å². The normalized spacial score (nSPS) is 17.5. The fraction of sp³-hybridized carbons (Fsp3) is 0.316. The number of amides is 1. The summed E-state index contributed by atoms with van der Waals surface area (Å²) in [4.78, 5) is 15.9. The molecule has 2 nitrogen and oxygen atoms in total. The summed E-state index contributed by atoms with van der Waals surface area (Å²) in [6, 6.07) is 16.7. The first-order valence-corrected chi connectivity index (χ1v) is 9.84. The van der Waals surface area contributed by atoms with Gasteiger partial charge in [-0.3, -0.25) is 4.79 Å². The highest BCUT2D eigenvalue weighted by atomic mass is 32.2. The molecule has 1 atom stereocenters. The number of hydrogen-bond donors (Lipinski definition) is 0. The predicted octanol–water partition coefficient (Wildman–Crippen LogP) is 4.67. The van der Waals surface area contributed by atoms with Crippen LogP contribution in [0.5, 0.6) is 0 Å². The fourth-order valence-corrected chi connectivity index (χ4v) is 5.01. The Kier molecular flexibility index (Phi) is 5.34. The van der Waals surface area contributed by atoms with E-state index in [4.69, 9.17) is 0 Å². The molecule has 0 spiro atoms. The van der Waals surface area contributed by atoms with Gasteiger partial charge in [-0.2, -0.15) is 0 Å². The highest BCUT2D eigenvalue weighted by Crippen LogP contribution is 2.39. The van der Waals surface area contributed by atoms with E-state index in [0.29, 0.717) is 5.75 Å². The molecule has 23 heavy (non-hydrogen) atoms. The fourth-order valence-electron chi connectivity index (χ4n) is 2.83. The third kappa shape index (κ3) is 3.93. The lowest BCUT2D eigenvalue weighted by molar-refractivity contribution is -0.128. The minimum Gasteiger partial charge on any atom is -0.325 e. The molecule has 1 amide bonds. The topological polar surface area (TPSA) is 20.3 Å². The van der Waals surface area contributed by atoms with Gasteiger partial charge < -0.3 is 4.90 Å². The van der Waals surface area contributed by atoms with Crippen LogP contribution < -0.4 is 0 Å². The summed E-state index contributed by atoms with van der Waals surface area (Å²) >= 11 is 3.49. The molecule has 1 saturated heterocycles. The molecule has 0 bridgehead atoms. The van der Waals surface area contributed by atoms with Gasteiger partial charge in [0.05, 0.1) is 5.75 Å². The Balaban J connectivity index is 1.69. The van der Waals surface area contributed by atoms with Gasteiger partial charge in [-0.25, -0.2) is 0 Å². The molecule has 2 aromatic carbocycles. The van der Waals surface area contributed by atoms with Crippen molar-refractivity contribution in [2.24, 2.45) is 0 Å². The summed E-state index contributed by atoms with van der Waals surface area (Å²) in [5.74, 6) is 1.75. The number of rotatable bonds is 4. The van der Waals surface area contributed by atoms with Crippen molar-refractivity contribution in [2.75, 3.05) is 18.1 Å². The van der Waals surface area contributed by atoms with Gasteiger partial charge in [-0.05, 0) is 37.1 Å². The van der Waals surface area contributed by atoms with Crippen molar-refractivity contribution in [3.63, 3.8) is 0 Å². The predicted molar refractivity (Wildman–Crippen MR) is 100.0 cm³/mol. The summed E-state index contributed by atoms with van der Waals surface area (Å²) in [5, 5.41) is 0.166. The minimum absolute atomic E-state index is 0.166. The monoisotopic (exact) mass is 343 g/mol. The van der Waals surface area contributed by atoms with Crippen molar-refractivity contribution in [3.05, 3.63) is 65.2 Å². The smallest absolute Gasteiger partial charge is 0.234 e. The Morgan fingerprint density at radius 2 is 2.00 bits per heavy atom. The van der Waals surface area contributed by atoms with Crippen LogP contribution in [0, 0.1) is 13.8 Å². The maximum atomic E-state index is 12.7. The van der Waals surface area contributed by atoms with Gasteiger partial charge in [-0.15, -0.1) is 23.5 Å². The van der Waals surface area contributed by atoms with E-state index in [1.165, 1.54) is 16.7 Å². The molecule has 120 valence electrons. The van der Waals surface area contributed by atoms with Crippen LogP contribution in [0.4, 0.5) is 0 Å². The molecule has 1 aliphatic heterocycles. The molecule has 0 aromatic heterocycles. The van der Waals surface area contributed by atoms with Crippen LogP contribution in [-0.2, 0) is 4.79 Å². The largest absolute Gasteiger partial charge is 0.325 e. The molecule has 3 rings (SSSR count). The van der Waals surface area contributed by atoms with Gasteiger partial charge in [0.1, 0.15) is 5.37 Å². The first kappa shape index (κ1) is 16.5. The average Bonchev–Trinajstić information content (AvgIpc) is 3.03. The summed E-state index contributed by atoms with van der Waals surface area (Å²) in [7, 11) is 0. The van der Waals surface area contributed by atoms with E-state index in [9.17, 15) is 4.79 Å². The molecule has 4 heteroatoms. The molecular weight excluding hydrogens is 322 g/mol. The molecule has 1 unspecified atom stereocenters. The Morgan fingerprint density at radius 3 is 2.74 bits per heavy atom. The standard InChI is InChI=1S/C19H21NOS2/c1-14-8-9-17(15(2)12-14)19-20(10-11-22-19)18(21)13-23-16-6-4-3-5-7-16/h3-9,12,19H,10-11,13H2,1-2H3. The molecule has 0 saturated carbocycles. The van der Waals surface area contributed by atoms with Gasteiger partial charge in [0.25, 0.3) is 0 Å². The molecule has 0 aliphatic carbocycles. The van der Waals surface area contributed by atoms with Crippen LogP contribution in [0.25, 0.3) is 0 Å². The van der Waals surface area contributed by atoms with Gasteiger partial charge in [-0.1, -0.05) is 42.0 Å². The van der Waals surface area contributed by atoms with Gasteiger partial charge in [0.2, 0.25) is 5.91 Å². The second-order valence-corrected chi connectivity index (χ2v) is 8.01. The lowest BCUT2D eigenvalue weighted by atomic mass is 10.1. The van der Waals surface area contributed by atoms with E-state index in [0.717, 1.165) is 17.2 Å². The van der Waals surface area contributed by atoms with Crippen molar-refractivity contribution >= 4 is 29.4 Å². The molecule has 0 radical (unpaired) electrons. The first-order chi connectivity index (χ1) is 11.1. The van der Waals surface area contributed by atoms with Gasteiger partial charge in [0, 0.05) is 17.2 Å². The van der Waals surface area contributed by atoms with Crippen LogP contribution in [0.3, 0.4) is 0 Å². The highest BCUT2D eigenvalue weighted by Gasteiger charge is 2.31. The van der Waals surface area contributed by atoms with E-state index in [-0.39, 0.29) is 11.3 Å². The van der Waals surface area contributed by atoms with Crippen LogP contribution in [0.15, 0.2) is 53.4 Å². The van der Waals surface area contributed by atoms with E-state index in [1.807, 2.05) is 34.9 Å². The van der Waals surface area contributed by atoms with Crippen molar-refractivity contribution in [3.8, 4) is 0 Å². The van der Waals surface area contributed by atoms with E-state index in [2.05, 4.69) is 44.2 Å². The third-order valence-corrected chi connectivity index (χ3v) is 6.25. The first-order valence-electron chi connectivity index (χ1n) is 7.81. The van der Waals surface area contributed by atoms with Crippen LogP contribution in [0.1, 0.15) is 22.1 Å². The number of aryl methyl sites for hydroxylation is 2. The maximum Gasteiger partial charge on any atom is 0.234 e. The average molecular weight is 344 g/mol. The Morgan fingerprint density at radius 1 is 1.22 bits per heavy atom. The zero-order valence-electron chi connectivity index (χ0n) is 13.5. The zero-order valence-corrected chi connectivity index (χ0v) is 15.1. The van der Waals surface area contributed by atoms with E-state index >= 15 is 0 Å². The second kappa shape index (κ2) is 7.45. The van der Waals surface area contributed by atoms with Crippen molar-refractivity contribution in [1.29, 1.82) is 0 Å². The maximum absolute atomic E-state index is 12.7. The molecule has 1 aliphatic rings. The summed E-state index contributed by atoms with van der Waals surface area (Å²) in [6.45, 7) is 5.09.